The summed E-state index contributed by atoms with van der Waals surface area (Å²) >= 11 is 0. The summed E-state index contributed by atoms with van der Waals surface area (Å²) in [5, 5.41) is 11.3. The van der Waals surface area contributed by atoms with Crippen molar-refractivity contribution >= 4 is 23.5 Å². The van der Waals surface area contributed by atoms with Gasteiger partial charge in [0.15, 0.2) is 0 Å². The summed E-state index contributed by atoms with van der Waals surface area (Å²) in [6, 6.07) is 19.2. The Morgan fingerprint density at radius 2 is 1.46 bits per heavy atom. The van der Waals surface area contributed by atoms with Crippen LogP contribution >= 0.6 is 0 Å². The number of aliphatic carboxylic acids is 1. The number of carboxylic acid groups (broad SMARTS) is 1. The fourth-order valence-electron chi connectivity index (χ4n) is 4.93. The zero-order valence-corrected chi connectivity index (χ0v) is 22.3. The molecule has 1 saturated carbocycles. The van der Waals surface area contributed by atoms with Crippen LogP contribution in [0.5, 0.6) is 5.75 Å². The molecule has 0 spiro atoms. The number of alkyl halides is 3. The Morgan fingerprint density at radius 3 is 2.05 bits per heavy atom. The summed E-state index contributed by atoms with van der Waals surface area (Å²) in [5.41, 5.74) is 3.08. The van der Waals surface area contributed by atoms with E-state index in [1.807, 2.05) is 24.3 Å². The van der Waals surface area contributed by atoms with Crippen LogP contribution in [0.15, 0.2) is 72.8 Å². The molecule has 41 heavy (non-hydrogen) atoms. The molecule has 7 nitrogen and oxygen atoms in total. The number of ether oxygens (including phenoxy) is 1. The van der Waals surface area contributed by atoms with Gasteiger partial charge in [-0.25, -0.2) is 0 Å². The number of carboxylic acids is 1. The minimum Gasteiger partial charge on any atom is -0.481 e. The van der Waals surface area contributed by atoms with Gasteiger partial charge in [0.05, 0.1) is 13.0 Å². The molecule has 1 fully saturated rings. The maximum atomic E-state index is 13.6. The van der Waals surface area contributed by atoms with Crippen molar-refractivity contribution in [1.29, 1.82) is 0 Å². The molecule has 0 bridgehead atoms. The van der Waals surface area contributed by atoms with E-state index in [0.29, 0.717) is 22.7 Å². The van der Waals surface area contributed by atoms with Crippen LogP contribution < -0.4 is 15.0 Å². The summed E-state index contributed by atoms with van der Waals surface area (Å²) in [6.45, 7) is 0.144. The van der Waals surface area contributed by atoms with Crippen molar-refractivity contribution in [3.05, 3.63) is 95.1 Å². The van der Waals surface area contributed by atoms with Crippen molar-refractivity contribution in [2.75, 3.05) is 11.4 Å². The van der Waals surface area contributed by atoms with Gasteiger partial charge in [-0.2, -0.15) is 0 Å². The second kappa shape index (κ2) is 13.3. The molecule has 0 atom stereocenters. The molecule has 2 amide bonds. The van der Waals surface area contributed by atoms with E-state index < -0.39 is 29.9 Å². The molecule has 3 aromatic rings. The lowest BCUT2D eigenvalue weighted by Gasteiger charge is -2.26. The highest BCUT2D eigenvalue weighted by molar-refractivity contribution is 6.06. The van der Waals surface area contributed by atoms with Crippen molar-refractivity contribution < 1.29 is 37.4 Å². The number of anilines is 1. The third-order valence-corrected chi connectivity index (χ3v) is 7.04. The number of nitrogens with zero attached hydrogens (tertiary/aromatic N) is 1. The van der Waals surface area contributed by atoms with Crippen LogP contribution in [0.25, 0.3) is 0 Å². The van der Waals surface area contributed by atoms with Crippen LogP contribution in [0.2, 0.25) is 0 Å². The Bertz CT molecular complexity index is 1330. The first-order valence-electron chi connectivity index (χ1n) is 13.5. The minimum absolute atomic E-state index is 0.00184. The average Bonchev–Trinajstić information content (AvgIpc) is 2.96. The Morgan fingerprint density at radius 1 is 0.854 bits per heavy atom. The van der Waals surface area contributed by atoms with Gasteiger partial charge in [-0.1, -0.05) is 43.5 Å². The van der Waals surface area contributed by atoms with Gasteiger partial charge in [0.1, 0.15) is 5.75 Å². The average molecular weight is 569 g/mol. The number of rotatable bonds is 10. The van der Waals surface area contributed by atoms with E-state index in [2.05, 4.69) is 10.1 Å². The predicted octanol–water partition coefficient (Wildman–Crippen LogP) is 6.68. The van der Waals surface area contributed by atoms with E-state index in [0.717, 1.165) is 25.0 Å². The molecule has 0 heterocycles. The standard InChI is InChI=1S/C31H31F3N2O5/c32-31(33,34)41-27-16-12-25(13-17-27)30(40)36(26-14-10-23(11-15-26)22-4-2-1-3-5-22)20-21-6-8-24(9-7-21)29(39)35-19-18-28(37)38/h6-17,22H,1-5,18-20H2,(H,35,39)(H,37,38). The first-order valence-corrected chi connectivity index (χ1v) is 13.5. The van der Waals surface area contributed by atoms with Crippen LogP contribution in [-0.2, 0) is 11.3 Å². The van der Waals surface area contributed by atoms with Gasteiger partial charge >= 0.3 is 12.3 Å². The van der Waals surface area contributed by atoms with E-state index >= 15 is 0 Å². The maximum Gasteiger partial charge on any atom is 0.573 e. The lowest BCUT2D eigenvalue weighted by Crippen LogP contribution is -2.30. The molecule has 0 aliphatic heterocycles. The molecule has 4 rings (SSSR count). The van der Waals surface area contributed by atoms with Crippen molar-refractivity contribution in [3.63, 3.8) is 0 Å². The quantitative estimate of drug-likeness (QED) is 0.284. The van der Waals surface area contributed by atoms with Gasteiger partial charge in [-0.3, -0.25) is 14.4 Å². The monoisotopic (exact) mass is 568 g/mol. The highest BCUT2D eigenvalue weighted by Gasteiger charge is 2.31. The Hall–Kier alpha value is -4.34. The first-order chi connectivity index (χ1) is 19.6. The molecule has 1 aliphatic rings. The fraction of sp³-hybridized carbons (Fsp3) is 0.323. The molecule has 216 valence electrons. The largest absolute Gasteiger partial charge is 0.573 e. The zero-order chi connectivity index (χ0) is 29.4. The number of carbonyl (C=O) groups excluding carboxylic acids is 2. The second-order valence-electron chi connectivity index (χ2n) is 9.99. The molecule has 0 unspecified atom stereocenters. The van der Waals surface area contributed by atoms with E-state index in [4.69, 9.17) is 5.11 Å². The van der Waals surface area contributed by atoms with E-state index in [9.17, 15) is 27.6 Å². The van der Waals surface area contributed by atoms with Gasteiger partial charge in [0.25, 0.3) is 11.8 Å². The van der Waals surface area contributed by atoms with Crippen LogP contribution in [0, 0.1) is 0 Å². The lowest BCUT2D eigenvalue weighted by molar-refractivity contribution is -0.274. The third-order valence-electron chi connectivity index (χ3n) is 7.04. The van der Waals surface area contributed by atoms with Crippen molar-refractivity contribution in [2.45, 2.75) is 57.3 Å². The first kappa shape index (κ1) is 29.6. The van der Waals surface area contributed by atoms with Crippen LogP contribution in [0.3, 0.4) is 0 Å². The third kappa shape index (κ3) is 8.57. The van der Waals surface area contributed by atoms with Gasteiger partial charge in [0, 0.05) is 23.4 Å². The normalized spacial score (nSPS) is 13.8. The van der Waals surface area contributed by atoms with Gasteiger partial charge in [0.2, 0.25) is 0 Å². The van der Waals surface area contributed by atoms with Gasteiger partial charge in [-0.05, 0) is 78.4 Å². The highest BCUT2D eigenvalue weighted by Crippen LogP contribution is 2.34. The fourth-order valence-corrected chi connectivity index (χ4v) is 4.93. The molecule has 0 radical (unpaired) electrons. The van der Waals surface area contributed by atoms with Crippen molar-refractivity contribution in [1.82, 2.24) is 5.32 Å². The summed E-state index contributed by atoms with van der Waals surface area (Å²) < 4.78 is 41.7. The summed E-state index contributed by atoms with van der Waals surface area (Å²) in [5.74, 6) is -1.78. The van der Waals surface area contributed by atoms with Gasteiger partial charge < -0.3 is 20.1 Å². The SMILES string of the molecule is O=C(O)CCNC(=O)c1ccc(CN(C(=O)c2ccc(OC(F)(F)F)cc2)c2ccc(C3CCCCC3)cc2)cc1. The smallest absolute Gasteiger partial charge is 0.481 e. The number of benzene rings is 3. The molecule has 0 aromatic heterocycles. The number of amides is 2. The molecule has 0 saturated heterocycles. The predicted molar refractivity (Wildman–Crippen MR) is 147 cm³/mol. The summed E-state index contributed by atoms with van der Waals surface area (Å²) in [6.07, 6.45) is 0.861. The molecular weight excluding hydrogens is 537 g/mol. The Balaban J connectivity index is 1.55. The number of nitrogens with one attached hydrogen (secondary N) is 1. The van der Waals surface area contributed by atoms with E-state index in [1.165, 1.54) is 41.9 Å². The minimum atomic E-state index is -4.84. The highest BCUT2D eigenvalue weighted by atomic mass is 19.4. The van der Waals surface area contributed by atoms with Crippen molar-refractivity contribution in [2.24, 2.45) is 0 Å². The lowest BCUT2D eigenvalue weighted by atomic mass is 9.84. The van der Waals surface area contributed by atoms with Crippen molar-refractivity contribution in [3.8, 4) is 5.75 Å². The maximum absolute atomic E-state index is 13.6. The number of hydrogen-bond acceptors (Lipinski definition) is 4. The second-order valence-corrected chi connectivity index (χ2v) is 9.99. The van der Waals surface area contributed by atoms with Crippen LogP contribution in [-0.4, -0.2) is 35.8 Å². The van der Waals surface area contributed by atoms with E-state index in [1.54, 1.807) is 24.3 Å². The molecule has 1 aliphatic carbocycles. The van der Waals surface area contributed by atoms with Crippen LogP contribution in [0.1, 0.15) is 76.3 Å². The Kier molecular flexibility index (Phi) is 9.65. The number of carbonyl (C=O) groups is 3. The Labute approximate surface area is 235 Å². The zero-order valence-electron chi connectivity index (χ0n) is 22.3. The summed E-state index contributed by atoms with van der Waals surface area (Å²) in [7, 11) is 0. The topological polar surface area (TPSA) is 95.9 Å². The van der Waals surface area contributed by atoms with E-state index in [-0.39, 0.29) is 25.1 Å². The summed E-state index contributed by atoms with van der Waals surface area (Å²) in [4.78, 5) is 38.1. The molecular formula is C31H31F3N2O5. The number of hydrogen-bond donors (Lipinski definition) is 2. The molecule has 10 heteroatoms. The van der Waals surface area contributed by atoms with Gasteiger partial charge in [-0.15, -0.1) is 13.2 Å². The van der Waals surface area contributed by atoms with Crippen LogP contribution in [0.4, 0.5) is 18.9 Å². The number of halogens is 3. The molecule has 2 N–H and O–H groups in total. The molecule has 3 aromatic carbocycles.